The smallest absolute Gasteiger partial charge is 0.266 e. The molecule has 10 heteroatoms. The number of nitrogens with one attached hydrogen (secondary N) is 1. The topological polar surface area (TPSA) is 132 Å². The molecule has 0 aliphatic heterocycles. The lowest BCUT2D eigenvalue weighted by Gasteiger charge is -2.10. The highest BCUT2D eigenvalue weighted by Crippen LogP contribution is 2.23. The van der Waals surface area contributed by atoms with Gasteiger partial charge in [-0.15, -0.1) is 0 Å². The lowest BCUT2D eigenvalue weighted by Crippen LogP contribution is -2.17. The Morgan fingerprint density at radius 1 is 1.10 bits per heavy atom. The van der Waals surface area contributed by atoms with E-state index < -0.39 is 19.9 Å². The molecule has 1 aromatic heterocycles. The van der Waals surface area contributed by atoms with Crippen LogP contribution in [0.4, 0.5) is 11.6 Å². The Kier molecular flexibility index (Phi) is 3.83. The van der Waals surface area contributed by atoms with Crippen molar-refractivity contribution in [3.63, 3.8) is 0 Å². The number of nitrogens with zero attached hydrogens (tertiary/aromatic N) is 2. The normalized spacial score (nSPS) is 12.0. The Morgan fingerprint density at radius 2 is 1.71 bits per heavy atom. The van der Waals surface area contributed by atoms with Crippen LogP contribution in [0.3, 0.4) is 0 Å². The fourth-order valence-electron chi connectivity index (χ4n) is 1.51. The van der Waals surface area contributed by atoms with Crippen LogP contribution in [0.5, 0.6) is 0 Å². The zero-order valence-corrected chi connectivity index (χ0v) is 12.5. The fraction of sp³-hybridized carbons (Fsp3) is 0.0909. The SMILES string of the molecule is CS(=O)(=O)c1ccc(N)c(S(=O)(=O)Nc2ncccn2)c1. The lowest BCUT2D eigenvalue weighted by molar-refractivity contribution is 0.600. The van der Waals surface area contributed by atoms with E-state index in [9.17, 15) is 16.8 Å². The highest BCUT2D eigenvalue weighted by molar-refractivity contribution is 7.93. The highest BCUT2D eigenvalue weighted by Gasteiger charge is 2.21. The fourth-order valence-corrected chi connectivity index (χ4v) is 3.34. The summed E-state index contributed by atoms with van der Waals surface area (Å²) in [6, 6.07) is 4.98. The average Bonchev–Trinajstić information content (AvgIpc) is 2.38. The van der Waals surface area contributed by atoms with Gasteiger partial charge in [-0.05, 0) is 24.3 Å². The number of anilines is 2. The van der Waals surface area contributed by atoms with Crippen LogP contribution >= 0.6 is 0 Å². The predicted molar refractivity (Wildman–Crippen MR) is 76.8 cm³/mol. The molecule has 1 heterocycles. The average molecular weight is 328 g/mol. The van der Waals surface area contributed by atoms with Gasteiger partial charge in [0.25, 0.3) is 10.0 Å². The molecule has 0 fully saturated rings. The molecule has 0 unspecified atom stereocenters. The van der Waals surface area contributed by atoms with Crippen LogP contribution in [0.2, 0.25) is 0 Å². The minimum atomic E-state index is -4.09. The van der Waals surface area contributed by atoms with Gasteiger partial charge in [0.2, 0.25) is 5.95 Å². The second-order valence-electron chi connectivity index (χ2n) is 4.15. The van der Waals surface area contributed by atoms with Crippen molar-refractivity contribution in [2.75, 3.05) is 16.7 Å². The first-order valence-corrected chi connectivity index (χ1v) is 8.97. The van der Waals surface area contributed by atoms with Crippen molar-refractivity contribution in [1.82, 2.24) is 9.97 Å². The molecular weight excluding hydrogens is 316 g/mol. The summed E-state index contributed by atoms with van der Waals surface area (Å²) in [6.07, 6.45) is 3.70. The number of sulfone groups is 1. The molecule has 0 aliphatic rings. The van der Waals surface area contributed by atoms with Crippen LogP contribution in [-0.2, 0) is 19.9 Å². The second-order valence-corrected chi connectivity index (χ2v) is 7.82. The predicted octanol–water partition coefficient (Wildman–Crippen LogP) is 0.263. The van der Waals surface area contributed by atoms with Gasteiger partial charge in [0.1, 0.15) is 4.90 Å². The largest absolute Gasteiger partial charge is 0.398 e. The maximum Gasteiger partial charge on any atom is 0.266 e. The Balaban J connectivity index is 2.50. The molecule has 0 saturated carbocycles. The number of benzene rings is 1. The summed E-state index contributed by atoms with van der Waals surface area (Å²) in [6.45, 7) is 0. The van der Waals surface area contributed by atoms with Gasteiger partial charge in [0, 0.05) is 18.6 Å². The zero-order valence-electron chi connectivity index (χ0n) is 10.9. The maximum absolute atomic E-state index is 12.2. The number of nitrogen functional groups attached to an aromatic ring is 1. The number of hydrogen-bond donors (Lipinski definition) is 2. The molecule has 2 rings (SSSR count). The Hall–Kier alpha value is -2.20. The Bertz CT molecular complexity index is 864. The van der Waals surface area contributed by atoms with Crippen LogP contribution < -0.4 is 10.5 Å². The van der Waals surface area contributed by atoms with Gasteiger partial charge in [-0.3, -0.25) is 0 Å². The number of aromatic nitrogens is 2. The lowest BCUT2D eigenvalue weighted by atomic mass is 10.3. The van der Waals surface area contributed by atoms with E-state index >= 15 is 0 Å². The van der Waals surface area contributed by atoms with Crippen LogP contribution in [0.1, 0.15) is 0 Å². The minimum absolute atomic E-state index is 0.0779. The molecule has 2 aromatic rings. The van der Waals surface area contributed by atoms with Gasteiger partial charge < -0.3 is 5.73 Å². The molecule has 0 amide bonds. The van der Waals surface area contributed by atoms with Gasteiger partial charge in [-0.1, -0.05) is 0 Å². The molecule has 0 bridgehead atoms. The van der Waals surface area contributed by atoms with Crippen molar-refractivity contribution in [2.45, 2.75) is 9.79 Å². The molecule has 0 aliphatic carbocycles. The number of rotatable bonds is 4. The van der Waals surface area contributed by atoms with Crippen LogP contribution in [0.15, 0.2) is 46.5 Å². The maximum atomic E-state index is 12.2. The van der Waals surface area contributed by atoms with Crippen molar-refractivity contribution in [2.24, 2.45) is 0 Å². The van der Waals surface area contributed by atoms with E-state index in [1.165, 1.54) is 30.6 Å². The number of sulfonamides is 1. The van der Waals surface area contributed by atoms with Crippen LogP contribution in [0, 0.1) is 0 Å². The molecular formula is C11H12N4O4S2. The summed E-state index contributed by atoms with van der Waals surface area (Å²) in [7, 11) is -7.65. The summed E-state index contributed by atoms with van der Waals surface area (Å²) in [5.74, 6) is -0.137. The third kappa shape index (κ3) is 3.47. The van der Waals surface area contributed by atoms with E-state index in [1.54, 1.807) is 0 Å². The van der Waals surface area contributed by atoms with Gasteiger partial charge in [0.15, 0.2) is 9.84 Å². The second kappa shape index (κ2) is 5.30. The molecule has 0 saturated heterocycles. The zero-order chi connectivity index (χ0) is 15.7. The Labute approximate surface area is 122 Å². The molecule has 8 nitrogen and oxygen atoms in total. The highest BCUT2D eigenvalue weighted by atomic mass is 32.2. The molecule has 0 radical (unpaired) electrons. The first-order chi connectivity index (χ1) is 9.70. The van der Waals surface area contributed by atoms with Crippen LogP contribution in [-0.4, -0.2) is 33.1 Å². The van der Waals surface area contributed by atoms with Gasteiger partial charge in [0.05, 0.1) is 10.6 Å². The molecule has 21 heavy (non-hydrogen) atoms. The van der Waals surface area contributed by atoms with Crippen molar-refractivity contribution in [3.05, 3.63) is 36.7 Å². The van der Waals surface area contributed by atoms with Gasteiger partial charge in [-0.25, -0.2) is 31.5 Å². The first kappa shape index (κ1) is 15.2. The summed E-state index contributed by atoms with van der Waals surface area (Å²) >= 11 is 0. The van der Waals surface area contributed by atoms with E-state index in [2.05, 4.69) is 14.7 Å². The number of nitrogens with two attached hydrogens (primary N) is 1. The summed E-state index contributed by atoms with van der Waals surface area (Å²) in [5, 5.41) is 0. The monoisotopic (exact) mass is 328 g/mol. The quantitative estimate of drug-likeness (QED) is 0.769. The standard InChI is InChI=1S/C11H12N4O4S2/c1-20(16,17)8-3-4-9(12)10(7-8)21(18,19)15-11-13-5-2-6-14-11/h2-7H,12H2,1H3,(H,13,14,15). The summed E-state index contributed by atoms with van der Waals surface area (Å²) in [4.78, 5) is 6.96. The van der Waals surface area contributed by atoms with Crippen molar-refractivity contribution < 1.29 is 16.8 Å². The van der Waals surface area contributed by atoms with Crippen molar-refractivity contribution in [1.29, 1.82) is 0 Å². The van der Waals surface area contributed by atoms with Crippen molar-refractivity contribution in [3.8, 4) is 0 Å². The molecule has 3 N–H and O–H groups in total. The van der Waals surface area contributed by atoms with E-state index in [0.717, 1.165) is 12.3 Å². The van der Waals surface area contributed by atoms with Crippen molar-refractivity contribution >= 4 is 31.5 Å². The van der Waals surface area contributed by atoms with E-state index in [-0.39, 0.29) is 21.4 Å². The van der Waals surface area contributed by atoms with Gasteiger partial charge in [-0.2, -0.15) is 0 Å². The summed E-state index contributed by atoms with van der Waals surface area (Å²) < 4.78 is 49.6. The minimum Gasteiger partial charge on any atom is -0.398 e. The number of hydrogen-bond acceptors (Lipinski definition) is 7. The van der Waals surface area contributed by atoms with E-state index in [0.29, 0.717) is 0 Å². The molecule has 112 valence electrons. The molecule has 1 aromatic carbocycles. The van der Waals surface area contributed by atoms with Crippen LogP contribution in [0.25, 0.3) is 0 Å². The first-order valence-electron chi connectivity index (χ1n) is 5.59. The van der Waals surface area contributed by atoms with Gasteiger partial charge >= 0.3 is 0 Å². The Morgan fingerprint density at radius 3 is 2.29 bits per heavy atom. The third-order valence-corrected chi connectivity index (χ3v) is 4.99. The third-order valence-electron chi connectivity index (χ3n) is 2.49. The van der Waals surface area contributed by atoms with E-state index in [1.807, 2.05) is 0 Å². The summed E-state index contributed by atoms with van der Waals surface area (Å²) in [5.41, 5.74) is 5.54. The van der Waals surface area contributed by atoms with E-state index in [4.69, 9.17) is 5.73 Å². The molecule has 0 atom stereocenters. The molecule has 0 spiro atoms.